The molecular formula is C12H17FO2. The van der Waals surface area contributed by atoms with Crippen molar-refractivity contribution in [3.05, 3.63) is 29.6 Å². The van der Waals surface area contributed by atoms with E-state index in [1.54, 1.807) is 13.0 Å². The van der Waals surface area contributed by atoms with E-state index in [-0.39, 0.29) is 11.9 Å². The van der Waals surface area contributed by atoms with E-state index in [0.29, 0.717) is 12.2 Å². The van der Waals surface area contributed by atoms with Crippen molar-refractivity contribution in [3.63, 3.8) is 0 Å². The summed E-state index contributed by atoms with van der Waals surface area (Å²) >= 11 is 0. The largest absolute Gasteiger partial charge is 0.490 e. The highest BCUT2D eigenvalue weighted by atomic mass is 19.1. The molecule has 0 heterocycles. The molecule has 0 radical (unpaired) electrons. The zero-order valence-corrected chi connectivity index (χ0v) is 9.33. The normalized spacial score (nSPS) is 14.7. The summed E-state index contributed by atoms with van der Waals surface area (Å²) in [5, 5.41) is 9.17. The summed E-state index contributed by atoms with van der Waals surface area (Å²) in [6.07, 6.45) is 0.00929. The second kappa shape index (κ2) is 5.12. The van der Waals surface area contributed by atoms with Crippen molar-refractivity contribution < 1.29 is 14.2 Å². The van der Waals surface area contributed by atoms with Crippen LogP contribution in [0.1, 0.15) is 25.8 Å². The molecule has 0 aliphatic heterocycles. The van der Waals surface area contributed by atoms with Crippen molar-refractivity contribution in [3.8, 4) is 5.75 Å². The van der Waals surface area contributed by atoms with Crippen LogP contribution in [0, 0.1) is 12.7 Å². The molecule has 0 saturated carbocycles. The second-order valence-corrected chi connectivity index (χ2v) is 3.92. The molecule has 15 heavy (non-hydrogen) atoms. The Morgan fingerprint density at radius 2 is 2.07 bits per heavy atom. The molecule has 2 atom stereocenters. The third-order valence-corrected chi connectivity index (χ3v) is 2.15. The van der Waals surface area contributed by atoms with Gasteiger partial charge >= 0.3 is 0 Å². The summed E-state index contributed by atoms with van der Waals surface area (Å²) in [7, 11) is 0. The molecule has 1 rings (SSSR count). The van der Waals surface area contributed by atoms with Crippen molar-refractivity contribution in [1.29, 1.82) is 0 Å². The van der Waals surface area contributed by atoms with Gasteiger partial charge in [-0.1, -0.05) is 6.07 Å². The lowest BCUT2D eigenvalue weighted by Gasteiger charge is -2.17. The van der Waals surface area contributed by atoms with Gasteiger partial charge in [0.05, 0.1) is 12.2 Å². The molecule has 0 spiro atoms. The molecule has 1 aromatic rings. The average Bonchev–Trinajstić information content (AvgIpc) is 2.10. The molecule has 0 saturated heterocycles. The van der Waals surface area contributed by atoms with Crippen LogP contribution in [0.4, 0.5) is 4.39 Å². The molecule has 0 bridgehead atoms. The van der Waals surface area contributed by atoms with Crippen molar-refractivity contribution >= 4 is 0 Å². The highest BCUT2D eigenvalue weighted by Crippen LogP contribution is 2.21. The minimum Gasteiger partial charge on any atom is -0.490 e. The van der Waals surface area contributed by atoms with Crippen LogP contribution in [0.15, 0.2) is 18.2 Å². The first-order chi connectivity index (χ1) is 6.99. The fourth-order valence-electron chi connectivity index (χ4n) is 1.45. The van der Waals surface area contributed by atoms with Crippen LogP contribution in [0.5, 0.6) is 5.75 Å². The average molecular weight is 212 g/mol. The number of rotatable bonds is 4. The van der Waals surface area contributed by atoms with E-state index in [9.17, 15) is 9.50 Å². The topological polar surface area (TPSA) is 29.5 Å². The monoisotopic (exact) mass is 212 g/mol. The van der Waals surface area contributed by atoms with Crippen molar-refractivity contribution in [2.75, 3.05) is 0 Å². The number of halogens is 1. The molecule has 1 aromatic carbocycles. The second-order valence-electron chi connectivity index (χ2n) is 3.92. The Balaban J connectivity index is 2.67. The number of aryl methyl sites for hydroxylation is 1. The zero-order chi connectivity index (χ0) is 11.4. The Labute approximate surface area is 89.7 Å². The van der Waals surface area contributed by atoms with Crippen molar-refractivity contribution in [2.45, 2.75) is 39.4 Å². The number of benzene rings is 1. The van der Waals surface area contributed by atoms with E-state index >= 15 is 0 Å². The maximum absolute atomic E-state index is 12.9. The standard InChI is InChI=1S/C12H17FO2/c1-8-4-5-11(13)7-12(8)15-10(3)6-9(2)14/h4-5,7,9-10,14H,6H2,1-3H3. The van der Waals surface area contributed by atoms with Crippen LogP contribution >= 0.6 is 0 Å². The maximum atomic E-state index is 12.9. The molecular weight excluding hydrogens is 195 g/mol. The summed E-state index contributed by atoms with van der Waals surface area (Å²) < 4.78 is 18.5. The Bertz CT molecular complexity index is 323. The van der Waals surface area contributed by atoms with Crippen LogP contribution in [0.2, 0.25) is 0 Å². The Hall–Kier alpha value is -1.09. The van der Waals surface area contributed by atoms with Gasteiger partial charge in [-0.25, -0.2) is 4.39 Å². The van der Waals surface area contributed by atoms with Crippen LogP contribution < -0.4 is 4.74 Å². The quantitative estimate of drug-likeness (QED) is 0.831. The first kappa shape index (κ1) is 12.0. The van der Waals surface area contributed by atoms with Crippen LogP contribution in [0.25, 0.3) is 0 Å². The first-order valence-corrected chi connectivity index (χ1v) is 5.10. The van der Waals surface area contributed by atoms with Gasteiger partial charge in [0.1, 0.15) is 11.6 Å². The van der Waals surface area contributed by atoms with Crippen LogP contribution in [-0.2, 0) is 0 Å². The lowest BCUT2D eigenvalue weighted by molar-refractivity contribution is 0.115. The first-order valence-electron chi connectivity index (χ1n) is 5.10. The van der Waals surface area contributed by atoms with Gasteiger partial charge in [-0.3, -0.25) is 0 Å². The third-order valence-electron chi connectivity index (χ3n) is 2.15. The Morgan fingerprint density at radius 3 is 2.67 bits per heavy atom. The Kier molecular flexibility index (Phi) is 4.09. The van der Waals surface area contributed by atoms with Crippen LogP contribution in [0.3, 0.4) is 0 Å². The van der Waals surface area contributed by atoms with Gasteiger partial charge in [0.15, 0.2) is 0 Å². The van der Waals surface area contributed by atoms with E-state index < -0.39 is 6.10 Å². The summed E-state index contributed by atoms with van der Waals surface area (Å²) in [6.45, 7) is 5.43. The highest BCUT2D eigenvalue weighted by molar-refractivity contribution is 5.32. The van der Waals surface area contributed by atoms with Crippen molar-refractivity contribution in [1.82, 2.24) is 0 Å². The number of aliphatic hydroxyl groups excluding tert-OH is 1. The number of hydrogen-bond donors (Lipinski definition) is 1. The molecule has 0 amide bonds. The van der Waals surface area contributed by atoms with Gasteiger partial charge in [-0.2, -0.15) is 0 Å². The van der Waals surface area contributed by atoms with Crippen LogP contribution in [-0.4, -0.2) is 17.3 Å². The van der Waals surface area contributed by atoms with Gasteiger partial charge in [-0.15, -0.1) is 0 Å². The maximum Gasteiger partial charge on any atom is 0.126 e. The van der Waals surface area contributed by atoms with Gasteiger partial charge in [-0.05, 0) is 32.4 Å². The highest BCUT2D eigenvalue weighted by Gasteiger charge is 2.09. The fraction of sp³-hybridized carbons (Fsp3) is 0.500. The number of hydrogen-bond acceptors (Lipinski definition) is 2. The third kappa shape index (κ3) is 3.88. The predicted octanol–water partition coefficient (Wildman–Crippen LogP) is 2.67. The molecule has 0 aliphatic rings. The molecule has 2 nitrogen and oxygen atoms in total. The van der Waals surface area contributed by atoms with E-state index in [1.165, 1.54) is 12.1 Å². The van der Waals surface area contributed by atoms with E-state index in [1.807, 2.05) is 13.8 Å². The molecule has 2 unspecified atom stereocenters. The minimum atomic E-state index is -0.408. The lowest BCUT2D eigenvalue weighted by Crippen LogP contribution is -2.18. The van der Waals surface area contributed by atoms with Gasteiger partial charge < -0.3 is 9.84 Å². The number of ether oxygens (including phenoxy) is 1. The molecule has 0 fully saturated rings. The molecule has 0 aliphatic carbocycles. The van der Waals surface area contributed by atoms with Gasteiger partial charge in [0, 0.05) is 12.5 Å². The SMILES string of the molecule is Cc1ccc(F)cc1OC(C)CC(C)O. The Morgan fingerprint density at radius 1 is 1.40 bits per heavy atom. The minimum absolute atomic E-state index is 0.120. The van der Waals surface area contributed by atoms with E-state index in [0.717, 1.165) is 5.56 Å². The summed E-state index contributed by atoms with van der Waals surface area (Å²) in [4.78, 5) is 0. The molecule has 0 aromatic heterocycles. The molecule has 84 valence electrons. The molecule has 3 heteroatoms. The number of aliphatic hydroxyl groups is 1. The summed E-state index contributed by atoms with van der Waals surface area (Å²) in [6, 6.07) is 4.45. The van der Waals surface area contributed by atoms with E-state index in [2.05, 4.69) is 0 Å². The summed E-state index contributed by atoms with van der Waals surface area (Å²) in [5.41, 5.74) is 0.897. The van der Waals surface area contributed by atoms with E-state index in [4.69, 9.17) is 4.74 Å². The lowest BCUT2D eigenvalue weighted by atomic mass is 10.2. The molecule has 1 N–H and O–H groups in total. The van der Waals surface area contributed by atoms with Crippen molar-refractivity contribution in [2.24, 2.45) is 0 Å². The predicted molar refractivity (Wildman–Crippen MR) is 57.5 cm³/mol. The summed E-state index contributed by atoms with van der Waals surface area (Å²) in [5.74, 6) is 0.239. The van der Waals surface area contributed by atoms with Gasteiger partial charge in [0.2, 0.25) is 0 Å². The van der Waals surface area contributed by atoms with Gasteiger partial charge in [0.25, 0.3) is 0 Å². The smallest absolute Gasteiger partial charge is 0.126 e. The fourth-order valence-corrected chi connectivity index (χ4v) is 1.45. The zero-order valence-electron chi connectivity index (χ0n) is 9.33.